The third kappa shape index (κ3) is 3.27. The number of hydrogen-bond acceptors (Lipinski definition) is 3. The van der Waals surface area contributed by atoms with E-state index in [-0.39, 0.29) is 11.9 Å². The van der Waals surface area contributed by atoms with Crippen LogP contribution in [0.3, 0.4) is 0 Å². The third-order valence-electron chi connectivity index (χ3n) is 4.13. The van der Waals surface area contributed by atoms with Gasteiger partial charge in [-0.15, -0.1) is 0 Å². The first kappa shape index (κ1) is 14.6. The standard InChI is InChI=1S/C18H21N3O/c1-14(20-18(22)15-7-9-19-10-8-15)16-5-4-6-17(13-16)21-11-2-3-12-21/h4-10,13-14H,2-3,11-12H2,1H3,(H,20,22)/t14-/m1/s1. The van der Waals surface area contributed by atoms with Gasteiger partial charge in [0.2, 0.25) is 0 Å². The highest BCUT2D eigenvalue weighted by atomic mass is 16.1. The fourth-order valence-electron chi connectivity index (χ4n) is 2.83. The maximum atomic E-state index is 12.2. The lowest BCUT2D eigenvalue weighted by molar-refractivity contribution is 0.0940. The van der Waals surface area contributed by atoms with Crippen LogP contribution in [0.1, 0.15) is 41.7 Å². The van der Waals surface area contributed by atoms with Crippen LogP contribution in [0.25, 0.3) is 0 Å². The summed E-state index contributed by atoms with van der Waals surface area (Å²) in [6.07, 6.45) is 5.79. The zero-order valence-corrected chi connectivity index (χ0v) is 12.8. The predicted molar refractivity (Wildman–Crippen MR) is 88.0 cm³/mol. The second kappa shape index (κ2) is 6.60. The molecule has 1 fully saturated rings. The number of nitrogens with one attached hydrogen (secondary N) is 1. The highest BCUT2D eigenvalue weighted by Crippen LogP contribution is 2.24. The van der Waals surface area contributed by atoms with E-state index in [9.17, 15) is 4.79 Å². The lowest BCUT2D eigenvalue weighted by atomic mass is 10.1. The highest BCUT2D eigenvalue weighted by Gasteiger charge is 2.15. The van der Waals surface area contributed by atoms with Crippen molar-refractivity contribution in [1.29, 1.82) is 0 Å². The second-order valence-electron chi connectivity index (χ2n) is 5.72. The van der Waals surface area contributed by atoms with Crippen molar-refractivity contribution in [1.82, 2.24) is 10.3 Å². The highest BCUT2D eigenvalue weighted by molar-refractivity contribution is 5.94. The Labute approximate surface area is 131 Å². The van der Waals surface area contributed by atoms with Gasteiger partial charge in [-0.25, -0.2) is 0 Å². The average molecular weight is 295 g/mol. The maximum Gasteiger partial charge on any atom is 0.251 e. The molecule has 0 radical (unpaired) electrons. The minimum atomic E-state index is -0.0681. The van der Waals surface area contributed by atoms with Crippen molar-refractivity contribution in [3.8, 4) is 0 Å². The van der Waals surface area contributed by atoms with E-state index in [1.54, 1.807) is 24.5 Å². The molecule has 2 aromatic rings. The molecular formula is C18H21N3O. The van der Waals surface area contributed by atoms with E-state index in [2.05, 4.69) is 39.5 Å². The van der Waals surface area contributed by atoms with Gasteiger partial charge in [-0.3, -0.25) is 9.78 Å². The zero-order valence-electron chi connectivity index (χ0n) is 12.8. The lowest BCUT2D eigenvalue weighted by Gasteiger charge is -2.20. The smallest absolute Gasteiger partial charge is 0.251 e. The molecule has 1 aromatic heterocycles. The fourth-order valence-corrected chi connectivity index (χ4v) is 2.83. The van der Waals surface area contributed by atoms with Gasteiger partial charge in [-0.1, -0.05) is 12.1 Å². The lowest BCUT2D eigenvalue weighted by Crippen LogP contribution is -2.27. The second-order valence-corrected chi connectivity index (χ2v) is 5.72. The van der Waals surface area contributed by atoms with Crippen molar-refractivity contribution in [3.63, 3.8) is 0 Å². The summed E-state index contributed by atoms with van der Waals surface area (Å²) in [6, 6.07) is 11.9. The minimum absolute atomic E-state index is 0.0248. The number of carbonyl (C=O) groups excluding carboxylic acids is 1. The molecule has 1 aromatic carbocycles. The number of anilines is 1. The number of carbonyl (C=O) groups is 1. The molecule has 1 aliphatic heterocycles. The Morgan fingerprint density at radius 2 is 1.91 bits per heavy atom. The molecular weight excluding hydrogens is 274 g/mol. The van der Waals surface area contributed by atoms with Crippen LogP contribution in [-0.4, -0.2) is 24.0 Å². The van der Waals surface area contributed by atoms with E-state index in [0.717, 1.165) is 18.7 Å². The fraction of sp³-hybridized carbons (Fsp3) is 0.333. The first-order valence-electron chi connectivity index (χ1n) is 7.80. The topological polar surface area (TPSA) is 45.2 Å². The molecule has 0 saturated carbocycles. The molecule has 22 heavy (non-hydrogen) atoms. The van der Waals surface area contributed by atoms with E-state index >= 15 is 0 Å². The van der Waals surface area contributed by atoms with Gasteiger partial charge >= 0.3 is 0 Å². The Bertz CT molecular complexity index is 636. The third-order valence-corrected chi connectivity index (χ3v) is 4.13. The number of nitrogens with zero attached hydrogens (tertiary/aromatic N) is 2. The average Bonchev–Trinajstić information content (AvgIpc) is 3.10. The van der Waals surface area contributed by atoms with Gasteiger partial charge in [0, 0.05) is 36.7 Å². The Morgan fingerprint density at radius 3 is 2.64 bits per heavy atom. The number of hydrogen-bond donors (Lipinski definition) is 1. The summed E-state index contributed by atoms with van der Waals surface area (Å²) in [7, 11) is 0. The number of rotatable bonds is 4. The van der Waals surface area contributed by atoms with E-state index in [4.69, 9.17) is 0 Å². The molecule has 1 atom stereocenters. The summed E-state index contributed by atoms with van der Waals surface area (Å²) < 4.78 is 0. The molecule has 1 N–H and O–H groups in total. The molecule has 0 aliphatic carbocycles. The van der Waals surface area contributed by atoms with Crippen molar-refractivity contribution in [3.05, 3.63) is 59.9 Å². The van der Waals surface area contributed by atoms with Gasteiger partial charge in [-0.2, -0.15) is 0 Å². The molecule has 1 saturated heterocycles. The molecule has 4 nitrogen and oxygen atoms in total. The molecule has 2 heterocycles. The minimum Gasteiger partial charge on any atom is -0.372 e. The van der Waals surface area contributed by atoms with E-state index in [1.165, 1.54) is 18.5 Å². The number of benzene rings is 1. The summed E-state index contributed by atoms with van der Waals surface area (Å²) in [4.78, 5) is 18.6. The van der Waals surface area contributed by atoms with Crippen molar-refractivity contribution >= 4 is 11.6 Å². The SMILES string of the molecule is C[C@@H](NC(=O)c1ccncc1)c1cccc(N2CCCC2)c1. The molecule has 3 rings (SSSR count). The van der Waals surface area contributed by atoms with Crippen LogP contribution in [0.2, 0.25) is 0 Å². The summed E-state index contributed by atoms with van der Waals surface area (Å²) in [6.45, 7) is 4.27. The number of aromatic nitrogens is 1. The van der Waals surface area contributed by atoms with Crippen LogP contribution in [-0.2, 0) is 0 Å². The summed E-state index contributed by atoms with van der Waals surface area (Å²) in [5, 5.41) is 3.05. The van der Waals surface area contributed by atoms with E-state index in [1.807, 2.05) is 6.92 Å². The Morgan fingerprint density at radius 1 is 1.18 bits per heavy atom. The van der Waals surface area contributed by atoms with Gasteiger partial charge in [0.1, 0.15) is 0 Å². The molecule has 0 spiro atoms. The molecule has 114 valence electrons. The monoisotopic (exact) mass is 295 g/mol. The molecule has 1 amide bonds. The Kier molecular flexibility index (Phi) is 4.37. The maximum absolute atomic E-state index is 12.2. The number of amides is 1. The predicted octanol–water partition coefficient (Wildman–Crippen LogP) is 3.17. The molecule has 1 aliphatic rings. The van der Waals surface area contributed by atoms with E-state index < -0.39 is 0 Å². The van der Waals surface area contributed by atoms with Gasteiger partial charge < -0.3 is 10.2 Å². The Hall–Kier alpha value is -2.36. The van der Waals surface area contributed by atoms with Gasteiger partial charge in [0.15, 0.2) is 0 Å². The molecule has 4 heteroatoms. The van der Waals surface area contributed by atoms with E-state index in [0.29, 0.717) is 5.56 Å². The Balaban J connectivity index is 1.70. The van der Waals surface area contributed by atoms with Crippen LogP contribution in [0.5, 0.6) is 0 Å². The first-order chi connectivity index (χ1) is 10.7. The van der Waals surface area contributed by atoms with Crippen molar-refractivity contribution < 1.29 is 4.79 Å². The summed E-state index contributed by atoms with van der Waals surface area (Å²) >= 11 is 0. The quantitative estimate of drug-likeness (QED) is 0.942. The van der Waals surface area contributed by atoms with Crippen LogP contribution in [0.4, 0.5) is 5.69 Å². The summed E-state index contributed by atoms with van der Waals surface area (Å²) in [5.41, 5.74) is 3.02. The molecule has 0 unspecified atom stereocenters. The largest absolute Gasteiger partial charge is 0.372 e. The first-order valence-corrected chi connectivity index (χ1v) is 7.80. The van der Waals surface area contributed by atoms with Crippen LogP contribution < -0.4 is 10.2 Å². The normalized spacial score (nSPS) is 15.6. The van der Waals surface area contributed by atoms with Gasteiger partial charge in [0.25, 0.3) is 5.91 Å². The van der Waals surface area contributed by atoms with Crippen molar-refractivity contribution in [2.75, 3.05) is 18.0 Å². The molecule has 0 bridgehead atoms. The van der Waals surface area contributed by atoms with Crippen LogP contribution >= 0.6 is 0 Å². The number of pyridine rings is 1. The summed E-state index contributed by atoms with van der Waals surface area (Å²) in [5.74, 6) is -0.0681. The van der Waals surface area contributed by atoms with Gasteiger partial charge in [-0.05, 0) is 49.6 Å². The van der Waals surface area contributed by atoms with Crippen LogP contribution in [0.15, 0.2) is 48.8 Å². The van der Waals surface area contributed by atoms with Crippen molar-refractivity contribution in [2.24, 2.45) is 0 Å². The van der Waals surface area contributed by atoms with Gasteiger partial charge in [0.05, 0.1) is 6.04 Å². The van der Waals surface area contributed by atoms with Crippen LogP contribution in [0, 0.1) is 0 Å². The zero-order chi connectivity index (χ0) is 15.4. The van der Waals surface area contributed by atoms with Crippen molar-refractivity contribution in [2.45, 2.75) is 25.8 Å².